The van der Waals surface area contributed by atoms with Gasteiger partial charge in [0.05, 0.1) is 10.6 Å². The number of fused-ring (bicyclic) bond motifs is 1. The van der Waals surface area contributed by atoms with Crippen molar-refractivity contribution in [3.05, 3.63) is 65.4 Å². The van der Waals surface area contributed by atoms with Crippen LogP contribution in [0.4, 0.5) is 6.01 Å². The van der Waals surface area contributed by atoms with Crippen molar-refractivity contribution in [1.82, 2.24) is 10.2 Å². The highest BCUT2D eigenvalue weighted by Crippen LogP contribution is 2.27. The van der Waals surface area contributed by atoms with Crippen LogP contribution in [0.5, 0.6) is 0 Å². The molecule has 118 valence electrons. The van der Waals surface area contributed by atoms with E-state index in [9.17, 15) is 4.79 Å². The summed E-state index contributed by atoms with van der Waals surface area (Å²) in [5, 5.41) is 11.5. The van der Waals surface area contributed by atoms with E-state index in [4.69, 9.17) is 20.4 Å². The van der Waals surface area contributed by atoms with Crippen LogP contribution in [0, 0.1) is 0 Å². The molecule has 0 unspecified atom stereocenters. The number of anilines is 1. The summed E-state index contributed by atoms with van der Waals surface area (Å²) < 4.78 is 10.9. The molecule has 2 aromatic heterocycles. The Morgan fingerprint density at radius 3 is 2.62 bits per heavy atom. The molecule has 0 fully saturated rings. The minimum atomic E-state index is -0.472. The molecule has 0 aliphatic heterocycles. The summed E-state index contributed by atoms with van der Waals surface area (Å²) in [6.45, 7) is 0. The van der Waals surface area contributed by atoms with Crippen LogP contribution in [0.1, 0.15) is 10.6 Å². The van der Waals surface area contributed by atoms with E-state index in [1.165, 1.54) is 0 Å². The molecule has 0 saturated carbocycles. The van der Waals surface area contributed by atoms with E-state index >= 15 is 0 Å². The summed E-state index contributed by atoms with van der Waals surface area (Å²) >= 11 is 6.08. The number of nitrogens with zero attached hydrogens (tertiary/aromatic N) is 2. The maximum Gasteiger partial charge on any atom is 0.322 e. The smallest absolute Gasteiger partial charge is 0.322 e. The Labute approximate surface area is 141 Å². The summed E-state index contributed by atoms with van der Waals surface area (Å²) in [6, 6.07) is 16.0. The van der Waals surface area contributed by atoms with Gasteiger partial charge in [0.25, 0.3) is 11.8 Å². The quantitative estimate of drug-likeness (QED) is 0.598. The molecule has 0 atom stereocenters. The molecule has 1 amide bonds. The number of amides is 1. The predicted octanol–water partition coefficient (Wildman–Crippen LogP) is 4.39. The Kier molecular flexibility index (Phi) is 3.51. The number of furan rings is 1. The zero-order chi connectivity index (χ0) is 16.5. The molecule has 2 heterocycles. The lowest BCUT2D eigenvalue weighted by molar-refractivity contribution is 0.0996. The Hall–Kier alpha value is -3.12. The Morgan fingerprint density at radius 1 is 1.00 bits per heavy atom. The van der Waals surface area contributed by atoms with E-state index in [1.54, 1.807) is 36.4 Å². The van der Waals surface area contributed by atoms with Gasteiger partial charge in [0, 0.05) is 5.39 Å². The standard InChI is InChI=1S/C17H10ClN3O3/c18-12-7-3-2-6-11(12)16-20-21-17(24-16)19-15(22)14-9-10-5-1-4-8-13(10)23-14/h1-9H,(H,19,21,22). The van der Waals surface area contributed by atoms with Crippen molar-refractivity contribution < 1.29 is 13.6 Å². The number of carbonyl (C=O) groups excluding carboxylic acids is 1. The highest BCUT2D eigenvalue weighted by Gasteiger charge is 2.17. The summed E-state index contributed by atoms with van der Waals surface area (Å²) in [6.07, 6.45) is 0. The van der Waals surface area contributed by atoms with Gasteiger partial charge in [-0.2, -0.15) is 0 Å². The van der Waals surface area contributed by atoms with Gasteiger partial charge in [0.15, 0.2) is 5.76 Å². The Bertz CT molecular complexity index is 1010. The van der Waals surface area contributed by atoms with E-state index < -0.39 is 5.91 Å². The topological polar surface area (TPSA) is 81.2 Å². The van der Waals surface area contributed by atoms with Gasteiger partial charge in [-0.3, -0.25) is 10.1 Å². The summed E-state index contributed by atoms with van der Waals surface area (Å²) in [4.78, 5) is 12.2. The number of aromatic nitrogens is 2. The fourth-order valence-corrected chi connectivity index (χ4v) is 2.49. The minimum absolute atomic E-state index is 0.0321. The third-order valence-electron chi connectivity index (χ3n) is 3.40. The van der Waals surface area contributed by atoms with Gasteiger partial charge in [-0.05, 0) is 24.3 Å². The molecule has 0 bridgehead atoms. The van der Waals surface area contributed by atoms with Crippen molar-refractivity contribution in [2.75, 3.05) is 5.32 Å². The normalized spacial score (nSPS) is 10.9. The van der Waals surface area contributed by atoms with Gasteiger partial charge < -0.3 is 8.83 Å². The number of nitrogens with one attached hydrogen (secondary N) is 1. The average molecular weight is 340 g/mol. The molecule has 4 rings (SSSR count). The van der Waals surface area contributed by atoms with Gasteiger partial charge in [0.2, 0.25) is 0 Å². The minimum Gasteiger partial charge on any atom is -0.451 e. The molecule has 0 saturated heterocycles. The second kappa shape index (κ2) is 5.82. The first-order valence-corrected chi connectivity index (χ1v) is 7.47. The predicted molar refractivity (Wildman–Crippen MR) is 88.9 cm³/mol. The molecule has 1 N–H and O–H groups in total. The van der Waals surface area contributed by atoms with E-state index in [2.05, 4.69) is 15.5 Å². The van der Waals surface area contributed by atoms with Gasteiger partial charge in [-0.1, -0.05) is 47.0 Å². The Balaban J connectivity index is 1.57. The van der Waals surface area contributed by atoms with Gasteiger partial charge in [-0.25, -0.2) is 0 Å². The average Bonchev–Trinajstić information content (AvgIpc) is 3.22. The van der Waals surface area contributed by atoms with E-state index in [-0.39, 0.29) is 17.7 Å². The summed E-state index contributed by atoms with van der Waals surface area (Å²) in [5.41, 5.74) is 1.22. The second-order valence-electron chi connectivity index (χ2n) is 4.99. The van der Waals surface area contributed by atoms with Crippen LogP contribution in [0.25, 0.3) is 22.4 Å². The van der Waals surface area contributed by atoms with E-state index in [0.717, 1.165) is 5.39 Å². The zero-order valence-corrected chi connectivity index (χ0v) is 12.9. The van der Waals surface area contributed by atoms with Gasteiger partial charge >= 0.3 is 6.01 Å². The van der Waals surface area contributed by atoms with Crippen LogP contribution in [0.15, 0.2) is 63.4 Å². The van der Waals surface area contributed by atoms with Crippen molar-refractivity contribution >= 4 is 34.5 Å². The van der Waals surface area contributed by atoms with Crippen molar-refractivity contribution in [3.63, 3.8) is 0 Å². The molecule has 0 radical (unpaired) electrons. The number of hydrogen-bond donors (Lipinski definition) is 1. The first-order valence-electron chi connectivity index (χ1n) is 7.09. The van der Waals surface area contributed by atoms with Crippen molar-refractivity contribution in [1.29, 1.82) is 0 Å². The van der Waals surface area contributed by atoms with E-state index in [0.29, 0.717) is 16.2 Å². The van der Waals surface area contributed by atoms with Crippen LogP contribution in [0.3, 0.4) is 0 Å². The fourth-order valence-electron chi connectivity index (χ4n) is 2.27. The lowest BCUT2D eigenvalue weighted by Crippen LogP contribution is -2.10. The molecular formula is C17H10ClN3O3. The first kappa shape index (κ1) is 14.5. The molecule has 0 aliphatic rings. The number of halogens is 1. The van der Waals surface area contributed by atoms with Crippen molar-refractivity contribution in [2.45, 2.75) is 0 Å². The SMILES string of the molecule is O=C(Nc1nnc(-c2ccccc2Cl)o1)c1cc2ccccc2o1. The molecule has 4 aromatic rings. The second-order valence-corrected chi connectivity index (χ2v) is 5.40. The molecule has 24 heavy (non-hydrogen) atoms. The lowest BCUT2D eigenvalue weighted by atomic mass is 10.2. The molecule has 7 heteroatoms. The van der Waals surface area contributed by atoms with E-state index in [1.807, 2.05) is 18.2 Å². The Morgan fingerprint density at radius 2 is 1.79 bits per heavy atom. The summed E-state index contributed by atoms with van der Waals surface area (Å²) in [5.74, 6) is -0.0882. The monoisotopic (exact) mass is 339 g/mol. The van der Waals surface area contributed by atoms with Crippen molar-refractivity contribution in [2.24, 2.45) is 0 Å². The number of rotatable bonds is 3. The molecule has 0 spiro atoms. The highest BCUT2D eigenvalue weighted by molar-refractivity contribution is 6.33. The number of carbonyl (C=O) groups is 1. The largest absolute Gasteiger partial charge is 0.451 e. The van der Waals surface area contributed by atoms with Crippen LogP contribution in [0.2, 0.25) is 5.02 Å². The number of benzene rings is 2. The molecule has 6 nitrogen and oxygen atoms in total. The fraction of sp³-hybridized carbons (Fsp3) is 0. The highest BCUT2D eigenvalue weighted by atomic mass is 35.5. The molecular weight excluding hydrogens is 330 g/mol. The van der Waals surface area contributed by atoms with Crippen LogP contribution in [-0.4, -0.2) is 16.1 Å². The summed E-state index contributed by atoms with van der Waals surface area (Å²) in [7, 11) is 0. The first-order chi connectivity index (χ1) is 11.7. The van der Waals surface area contributed by atoms with Crippen LogP contribution >= 0.6 is 11.6 Å². The maximum atomic E-state index is 12.2. The third kappa shape index (κ3) is 2.63. The van der Waals surface area contributed by atoms with Crippen molar-refractivity contribution in [3.8, 4) is 11.5 Å². The van der Waals surface area contributed by atoms with Crippen LogP contribution in [-0.2, 0) is 0 Å². The number of hydrogen-bond acceptors (Lipinski definition) is 5. The molecule has 2 aromatic carbocycles. The van der Waals surface area contributed by atoms with Crippen LogP contribution < -0.4 is 5.32 Å². The zero-order valence-electron chi connectivity index (χ0n) is 12.2. The molecule has 0 aliphatic carbocycles. The maximum absolute atomic E-state index is 12.2. The van der Waals surface area contributed by atoms with Gasteiger partial charge in [0.1, 0.15) is 5.58 Å². The van der Waals surface area contributed by atoms with Gasteiger partial charge in [-0.15, -0.1) is 5.10 Å². The lowest BCUT2D eigenvalue weighted by Gasteiger charge is -1.98. The number of para-hydroxylation sites is 1. The third-order valence-corrected chi connectivity index (χ3v) is 3.73.